The van der Waals surface area contributed by atoms with Crippen LogP contribution in [0.2, 0.25) is 0 Å². The zero-order chi connectivity index (χ0) is 30.1. The number of hydrogen-bond acceptors (Lipinski definition) is 7. The molecule has 1 amide bonds. The summed E-state index contributed by atoms with van der Waals surface area (Å²) in [6.07, 6.45) is 0.902. The highest BCUT2D eigenvalue weighted by Crippen LogP contribution is 2.24. The summed E-state index contributed by atoms with van der Waals surface area (Å²) in [6.45, 7) is 7.59. The first-order valence-corrected chi connectivity index (χ1v) is 13.1. The minimum Gasteiger partial charge on any atom is -0.444 e. The Bertz CT molecular complexity index is 1730. The van der Waals surface area contributed by atoms with Gasteiger partial charge in [-0.05, 0) is 58.2 Å². The van der Waals surface area contributed by atoms with Crippen LogP contribution in [0.15, 0.2) is 21.7 Å². The Morgan fingerprint density at radius 3 is 2.59 bits per heavy atom. The van der Waals surface area contributed by atoms with Crippen molar-refractivity contribution in [2.75, 3.05) is 18.0 Å². The van der Waals surface area contributed by atoms with Crippen molar-refractivity contribution >= 4 is 23.2 Å². The van der Waals surface area contributed by atoms with Gasteiger partial charge in [0.2, 0.25) is 5.95 Å². The third kappa shape index (κ3) is 6.09. The van der Waals surface area contributed by atoms with E-state index in [2.05, 4.69) is 22.1 Å². The number of nitriles is 1. The predicted octanol–water partition coefficient (Wildman–Crippen LogP) is 2.61. The van der Waals surface area contributed by atoms with Gasteiger partial charge in [-0.1, -0.05) is 5.92 Å². The number of benzene rings is 1. The molecule has 41 heavy (non-hydrogen) atoms. The highest BCUT2D eigenvalue weighted by Gasteiger charge is 2.29. The molecule has 13 heteroatoms. The third-order valence-electron chi connectivity index (χ3n) is 6.65. The van der Waals surface area contributed by atoms with E-state index in [9.17, 15) is 28.4 Å². The van der Waals surface area contributed by atoms with E-state index in [0.29, 0.717) is 25.5 Å². The van der Waals surface area contributed by atoms with Gasteiger partial charge in [0.25, 0.3) is 5.56 Å². The zero-order valence-electron chi connectivity index (χ0n) is 23.5. The number of hydrogen-bond donors (Lipinski definition) is 1. The third-order valence-corrected chi connectivity index (χ3v) is 6.65. The number of carbonyl (C=O) groups excluding carboxylic acids is 1. The average Bonchev–Trinajstić information content (AvgIpc) is 3.29. The summed E-state index contributed by atoms with van der Waals surface area (Å²) >= 11 is 0. The maximum atomic E-state index is 14.0. The fraction of sp³-hybridized carbons (Fsp3) is 0.464. The van der Waals surface area contributed by atoms with Crippen LogP contribution < -0.4 is 21.5 Å². The van der Waals surface area contributed by atoms with E-state index < -0.39 is 41.1 Å². The lowest BCUT2D eigenvalue weighted by molar-refractivity contribution is 0.0499. The second kappa shape index (κ2) is 11.5. The number of nitrogens with zero attached hydrogens (tertiary/aromatic N) is 6. The van der Waals surface area contributed by atoms with Gasteiger partial charge in [0.1, 0.15) is 5.60 Å². The summed E-state index contributed by atoms with van der Waals surface area (Å²) in [4.78, 5) is 46.0. The molecule has 216 valence electrons. The van der Waals surface area contributed by atoms with Crippen molar-refractivity contribution in [1.29, 1.82) is 5.26 Å². The molecular formula is C28H31F2N7O4. The lowest BCUT2D eigenvalue weighted by atomic mass is 10.1. The molecule has 1 fully saturated rings. The molecule has 0 unspecified atom stereocenters. The zero-order valence-corrected chi connectivity index (χ0v) is 23.5. The van der Waals surface area contributed by atoms with Gasteiger partial charge < -0.3 is 15.0 Å². The van der Waals surface area contributed by atoms with Crippen LogP contribution in [0.5, 0.6) is 0 Å². The van der Waals surface area contributed by atoms with Crippen molar-refractivity contribution in [1.82, 2.24) is 24.0 Å². The maximum Gasteiger partial charge on any atom is 0.407 e. The molecule has 0 radical (unpaired) electrons. The number of anilines is 1. The lowest BCUT2D eigenvalue weighted by Gasteiger charge is -2.34. The SMILES string of the molecule is CC#CCn1c(N2CCC[C@@H](NC(=O)OC(C)(C)C)C2)nc2c1c(=O)n(Cc1cc(F)c(F)cc1C#N)c(=O)n2C. The highest BCUT2D eigenvalue weighted by molar-refractivity contribution is 5.75. The Balaban J connectivity index is 1.79. The van der Waals surface area contributed by atoms with Crippen molar-refractivity contribution in [3.8, 4) is 17.9 Å². The first-order chi connectivity index (χ1) is 19.3. The Kier molecular flexibility index (Phi) is 8.19. The Morgan fingerprint density at radius 2 is 1.93 bits per heavy atom. The number of aryl methyl sites for hydroxylation is 1. The van der Waals surface area contributed by atoms with Crippen LogP contribution in [0.1, 0.15) is 51.7 Å². The van der Waals surface area contributed by atoms with Gasteiger partial charge in [0, 0.05) is 26.2 Å². The summed E-state index contributed by atoms with van der Waals surface area (Å²) in [5.74, 6) is 3.74. The molecule has 1 N–H and O–H groups in total. The summed E-state index contributed by atoms with van der Waals surface area (Å²) in [6, 6.07) is 3.07. The van der Waals surface area contributed by atoms with E-state index in [-0.39, 0.29) is 34.9 Å². The van der Waals surface area contributed by atoms with E-state index in [0.717, 1.165) is 23.1 Å². The Morgan fingerprint density at radius 1 is 1.22 bits per heavy atom. The second-order valence-corrected chi connectivity index (χ2v) is 10.8. The van der Waals surface area contributed by atoms with Crippen LogP contribution in [-0.4, -0.2) is 49.5 Å². The first-order valence-electron chi connectivity index (χ1n) is 13.1. The largest absolute Gasteiger partial charge is 0.444 e. The molecule has 1 aliphatic rings. The van der Waals surface area contributed by atoms with Crippen LogP contribution in [0.3, 0.4) is 0 Å². The van der Waals surface area contributed by atoms with Crippen LogP contribution in [0.4, 0.5) is 19.5 Å². The fourth-order valence-corrected chi connectivity index (χ4v) is 4.79. The molecule has 3 aromatic rings. The molecule has 1 saturated heterocycles. The summed E-state index contributed by atoms with van der Waals surface area (Å²) in [7, 11) is 1.45. The number of piperidine rings is 1. The molecule has 11 nitrogen and oxygen atoms in total. The molecule has 0 spiro atoms. The summed E-state index contributed by atoms with van der Waals surface area (Å²) in [5.41, 5.74) is -2.10. The smallest absolute Gasteiger partial charge is 0.407 e. The second-order valence-electron chi connectivity index (χ2n) is 10.8. The number of ether oxygens (including phenoxy) is 1. The van der Waals surface area contributed by atoms with E-state index >= 15 is 0 Å². The predicted molar refractivity (Wildman–Crippen MR) is 147 cm³/mol. The molecule has 1 aromatic carbocycles. The van der Waals surface area contributed by atoms with E-state index in [4.69, 9.17) is 4.74 Å². The molecule has 3 heterocycles. The Labute approximate surface area is 234 Å². The summed E-state index contributed by atoms with van der Waals surface area (Å²) < 4.78 is 36.8. The van der Waals surface area contributed by atoms with E-state index in [1.807, 2.05) is 4.90 Å². The molecule has 4 rings (SSSR count). The molecule has 0 bridgehead atoms. The van der Waals surface area contributed by atoms with Crippen molar-refractivity contribution in [2.24, 2.45) is 7.05 Å². The van der Waals surface area contributed by atoms with Crippen molar-refractivity contribution in [2.45, 2.75) is 65.3 Å². The number of nitrogens with one attached hydrogen (secondary N) is 1. The van der Waals surface area contributed by atoms with Gasteiger partial charge in [0.05, 0.1) is 24.7 Å². The van der Waals surface area contributed by atoms with E-state index in [1.165, 1.54) is 11.6 Å². The molecule has 0 aliphatic carbocycles. The molecule has 0 saturated carbocycles. The molecule has 1 atom stereocenters. The maximum absolute atomic E-state index is 14.0. The van der Waals surface area contributed by atoms with Gasteiger partial charge in [0.15, 0.2) is 22.8 Å². The Hall–Kier alpha value is -4.65. The van der Waals surface area contributed by atoms with Crippen molar-refractivity contribution in [3.05, 3.63) is 55.7 Å². The number of amides is 1. The fourth-order valence-electron chi connectivity index (χ4n) is 4.79. The number of aromatic nitrogens is 4. The quantitative estimate of drug-likeness (QED) is 0.470. The van der Waals surface area contributed by atoms with Crippen LogP contribution in [-0.2, 0) is 24.9 Å². The minimum absolute atomic E-state index is 0.0170. The normalized spacial score (nSPS) is 15.3. The van der Waals surface area contributed by atoms with Gasteiger partial charge >= 0.3 is 11.8 Å². The molecule has 1 aliphatic heterocycles. The van der Waals surface area contributed by atoms with Crippen LogP contribution >= 0.6 is 0 Å². The number of rotatable bonds is 5. The molecule has 2 aromatic heterocycles. The van der Waals surface area contributed by atoms with Crippen LogP contribution in [0, 0.1) is 34.8 Å². The lowest BCUT2D eigenvalue weighted by Crippen LogP contribution is -2.49. The number of halogens is 2. The number of alkyl carbamates (subject to hydrolysis) is 1. The molecular weight excluding hydrogens is 536 g/mol. The topological polar surface area (TPSA) is 127 Å². The van der Waals surface area contributed by atoms with Gasteiger partial charge in [-0.15, -0.1) is 5.92 Å². The number of imidazole rings is 1. The minimum atomic E-state index is -1.21. The van der Waals surface area contributed by atoms with Gasteiger partial charge in [-0.2, -0.15) is 10.2 Å². The first kappa shape index (κ1) is 29.3. The van der Waals surface area contributed by atoms with Gasteiger partial charge in [-0.25, -0.2) is 18.4 Å². The number of carbonyl (C=O) groups is 1. The van der Waals surface area contributed by atoms with Crippen molar-refractivity contribution in [3.63, 3.8) is 0 Å². The highest BCUT2D eigenvalue weighted by atomic mass is 19.2. The summed E-state index contributed by atoms with van der Waals surface area (Å²) in [5, 5.41) is 12.3. The standard InChI is InChI=1S/C28H31F2N7O4/c1-6-7-11-36-22-23(33-25(36)35-10-8-9-19(16-35)32-26(39)41-28(2,3)4)34(5)27(40)37(24(22)38)15-18-13-21(30)20(29)12-17(18)14-31/h12-13,19H,8-11,15-16H2,1-5H3,(H,32,39)/t19-/m1/s1. The van der Waals surface area contributed by atoms with E-state index in [1.54, 1.807) is 38.3 Å². The monoisotopic (exact) mass is 567 g/mol. The average molecular weight is 568 g/mol. The number of fused-ring (bicyclic) bond motifs is 1. The van der Waals surface area contributed by atoms with Gasteiger partial charge in [-0.3, -0.25) is 18.5 Å². The van der Waals surface area contributed by atoms with Crippen molar-refractivity contribution < 1.29 is 18.3 Å². The van der Waals surface area contributed by atoms with Crippen LogP contribution in [0.25, 0.3) is 11.2 Å².